The van der Waals surface area contributed by atoms with Crippen molar-refractivity contribution in [1.82, 2.24) is 29.1 Å². The maximum atomic E-state index is 14.6. The third kappa shape index (κ3) is 6.04. The first-order valence-corrected chi connectivity index (χ1v) is 11.9. The lowest BCUT2D eigenvalue weighted by atomic mass is 10.2. The summed E-state index contributed by atoms with van der Waals surface area (Å²) in [6.07, 6.45) is -9.05. The van der Waals surface area contributed by atoms with Crippen LogP contribution in [0.2, 0.25) is 5.02 Å². The van der Waals surface area contributed by atoms with Gasteiger partial charge in [0.2, 0.25) is 0 Å². The molecule has 0 radical (unpaired) electrons. The summed E-state index contributed by atoms with van der Waals surface area (Å²) in [5.74, 6) is -3.41. The molecule has 0 spiro atoms. The zero-order valence-electron chi connectivity index (χ0n) is 20.7. The van der Waals surface area contributed by atoms with Gasteiger partial charge >= 0.3 is 17.8 Å². The Morgan fingerprint density at radius 1 is 1.10 bits per heavy atom. The Morgan fingerprint density at radius 3 is 2.30 bits per heavy atom. The van der Waals surface area contributed by atoms with Gasteiger partial charge in [0.05, 0.1) is 6.54 Å². The van der Waals surface area contributed by atoms with E-state index in [1.165, 1.54) is 31.2 Å². The van der Waals surface area contributed by atoms with Crippen LogP contribution in [0.15, 0.2) is 47.3 Å². The van der Waals surface area contributed by atoms with Gasteiger partial charge in [-0.25, -0.2) is 27.9 Å². The van der Waals surface area contributed by atoms with Gasteiger partial charge in [-0.15, -0.1) is 10.2 Å². The number of carbonyl (C=O) groups excluding carboxylic acids is 1. The molecule has 16 heteroatoms. The van der Waals surface area contributed by atoms with Gasteiger partial charge in [-0.3, -0.25) is 9.36 Å². The molecule has 40 heavy (non-hydrogen) atoms. The molecule has 2 heterocycles. The van der Waals surface area contributed by atoms with Crippen LogP contribution in [0.1, 0.15) is 31.6 Å². The highest BCUT2D eigenvalue weighted by Crippen LogP contribution is 2.26. The molecule has 212 valence electrons. The van der Waals surface area contributed by atoms with Crippen molar-refractivity contribution >= 4 is 17.6 Å². The lowest BCUT2D eigenvalue weighted by Gasteiger charge is -2.15. The number of aromatic nitrogens is 6. The van der Waals surface area contributed by atoms with Gasteiger partial charge < -0.3 is 9.84 Å². The quantitative estimate of drug-likeness (QED) is 0.246. The van der Waals surface area contributed by atoms with Gasteiger partial charge in [0.25, 0.3) is 0 Å². The molecule has 0 aliphatic heterocycles. The summed E-state index contributed by atoms with van der Waals surface area (Å²) < 4.78 is 75.8. The summed E-state index contributed by atoms with van der Waals surface area (Å²) >= 11 is 5.89. The second kappa shape index (κ2) is 11.2. The first-order valence-electron chi connectivity index (χ1n) is 11.5. The zero-order valence-corrected chi connectivity index (χ0v) is 21.5. The topological polar surface area (TPSA) is 117 Å². The number of alkyl halides is 3. The molecule has 0 bridgehead atoms. The van der Waals surface area contributed by atoms with Crippen LogP contribution >= 0.6 is 11.6 Å². The van der Waals surface area contributed by atoms with Crippen molar-refractivity contribution in [3.8, 4) is 17.1 Å². The molecule has 0 saturated heterocycles. The summed E-state index contributed by atoms with van der Waals surface area (Å²) in [6, 6.07) is 8.75. The minimum atomic E-state index is -5.02. The molecule has 1 N–H and O–H groups in total. The molecule has 2 atom stereocenters. The lowest BCUT2D eigenvalue weighted by Crippen LogP contribution is -2.37. The van der Waals surface area contributed by atoms with Crippen LogP contribution < -0.4 is 5.69 Å². The predicted molar refractivity (Wildman–Crippen MR) is 130 cm³/mol. The molecule has 0 aliphatic carbocycles. The third-order valence-corrected chi connectivity index (χ3v) is 5.83. The summed E-state index contributed by atoms with van der Waals surface area (Å²) in [5, 5.41) is 18.1. The van der Waals surface area contributed by atoms with E-state index < -0.39 is 60.5 Å². The number of hydrogen-bond donors (Lipinski definition) is 1. The number of hydrogen-bond acceptors (Lipinski definition) is 7. The van der Waals surface area contributed by atoms with Crippen molar-refractivity contribution in [2.24, 2.45) is 0 Å². The average Bonchev–Trinajstić information content (AvgIpc) is 3.40. The van der Waals surface area contributed by atoms with Crippen molar-refractivity contribution in [2.75, 3.05) is 0 Å². The van der Waals surface area contributed by atoms with Crippen molar-refractivity contribution in [3.63, 3.8) is 0 Å². The van der Waals surface area contributed by atoms with E-state index >= 15 is 0 Å². The third-order valence-electron chi connectivity index (χ3n) is 5.58. The SMILES string of the molecule is CC(=O)O[C@@H](C)c1nc(Cn2nc(-c3ccc(Cl)cc3)n(C[C@H](O)C(F)(F)F)c2=O)nn1-c1c(F)cccc1F. The summed E-state index contributed by atoms with van der Waals surface area (Å²) in [7, 11) is 0. The minimum absolute atomic E-state index is 0.202. The first kappa shape index (κ1) is 28.9. The van der Waals surface area contributed by atoms with Gasteiger partial charge in [0.15, 0.2) is 41.3 Å². The number of carbonyl (C=O) groups is 1. The van der Waals surface area contributed by atoms with Crippen LogP contribution in [0.5, 0.6) is 0 Å². The number of ether oxygens (including phenoxy) is 1. The van der Waals surface area contributed by atoms with E-state index in [-0.39, 0.29) is 23.0 Å². The minimum Gasteiger partial charge on any atom is -0.455 e. The van der Waals surface area contributed by atoms with E-state index in [1.807, 2.05) is 0 Å². The highest BCUT2D eigenvalue weighted by atomic mass is 35.5. The Balaban J connectivity index is 1.82. The molecule has 10 nitrogen and oxygen atoms in total. The fourth-order valence-electron chi connectivity index (χ4n) is 3.79. The summed E-state index contributed by atoms with van der Waals surface area (Å²) in [4.78, 5) is 28.8. The van der Waals surface area contributed by atoms with E-state index in [0.29, 0.717) is 9.59 Å². The molecule has 0 amide bonds. The Labute approximate surface area is 227 Å². The van der Waals surface area contributed by atoms with Crippen molar-refractivity contribution in [2.45, 2.75) is 45.3 Å². The van der Waals surface area contributed by atoms with E-state index in [2.05, 4.69) is 15.2 Å². The van der Waals surface area contributed by atoms with Gasteiger partial charge in [0, 0.05) is 17.5 Å². The molecule has 2 aromatic heterocycles. The van der Waals surface area contributed by atoms with Crippen LogP contribution in [-0.2, 0) is 22.6 Å². The number of benzene rings is 2. The highest BCUT2D eigenvalue weighted by Gasteiger charge is 2.39. The Morgan fingerprint density at radius 2 is 1.73 bits per heavy atom. The first-order chi connectivity index (χ1) is 18.8. The normalized spacial score (nSPS) is 13.3. The number of para-hydroxylation sites is 1. The Kier molecular flexibility index (Phi) is 8.07. The number of halogens is 6. The standard InChI is InChI=1S/C24H20ClF5N6O4/c1-12(40-13(2)37)21-31-19(32-36(21)20-16(26)4-3-5-17(20)27)11-35-23(39)34(10-18(38)24(28,29)30)22(33-35)14-6-8-15(25)9-7-14/h3-9,12,18,38H,10-11H2,1-2H3/t12-,18-/m0/s1. The second-order valence-corrected chi connectivity index (χ2v) is 9.00. The number of esters is 1. The van der Waals surface area contributed by atoms with E-state index in [9.17, 15) is 36.6 Å². The molecule has 0 saturated carbocycles. The smallest absolute Gasteiger partial charge is 0.416 e. The second-order valence-electron chi connectivity index (χ2n) is 8.56. The van der Waals surface area contributed by atoms with Crippen LogP contribution in [0.25, 0.3) is 17.1 Å². The Hall–Kier alpha value is -4.11. The molecule has 2 aromatic carbocycles. The average molecular weight is 587 g/mol. The number of rotatable bonds is 8. The molecular weight excluding hydrogens is 567 g/mol. The molecule has 0 unspecified atom stereocenters. The van der Waals surface area contributed by atoms with E-state index in [0.717, 1.165) is 34.5 Å². The highest BCUT2D eigenvalue weighted by molar-refractivity contribution is 6.30. The largest absolute Gasteiger partial charge is 0.455 e. The maximum absolute atomic E-state index is 14.6. The monoisotopic (exact) mass is 586 g/mol. The van der Waals surface area contributed by atoms with Crippen LogP contribution in [-0.4, -0.2) is 52.5 Å². The van der Waals surface area contributed by atoms with Crippen molar-refractivity contribution in [1.29, 1.82) is 0 Å². The lowest BCUT2D eigenvalue weighted by molar-refractivity contribution is -0.207. The molecule has 4 rings (SSSR count). The fourth-order valence-corrected chi connectivity index (χ4v) is 3.91. The van der Waals surface area contributed by atoms with Crippen LogP contribution in [0.4, 0.5) is 22.0 Å². The number of nitrogens with zero attached hydrogens (tertiary/aromatic N) is 6. The number of aliphatic hydroxyl groups is 1. The fraction of sp³-hybridized carbons (Fsp3) is 0.292. The summed E-state index contributed by atoms with van der Waals surface area (Å²) in [5.41, 5.74) is -1.48. The number of aliphatic hydroxyl groups excluding tert-OH is 1. The molecule has 0 aliphatic rings. The zero-order chi connectivity index (χ0) is 29.4. The maximum Gasteiger partial charge on any atom is 0.416 e. The molecule has 0 fully saturated rings. The van der Waals surface area contributed by atoms with Gasteiger partial charge in [-0.05, 0) is 43.3 Å². The van der Waals surface area contributed by atoms with E-state index in [4.69, 9.17) is 16.3 Å². The molecular formula is C24H20ClF5N6O4. The Bertz CT molecular complexity index is 1580. The van der Waals surface area contributed by atoms with Gasteiger partial charge in [-0.2, -0.15) is 13.2 Å². The van der Waals surface area contributed by atoms with Crippen molar-refractivity contribution in [3.05, 3.63) is 81.3 Å². The van der Waals surface area contributed by atoms with Gasteiger partial charge in [-0.1, -0.05) is 17.7 Å². The van der Waals surface area contributed by atoms with Crippen LogP contribution in [0.3, 0.4) is 0 Å². The van der Waals surface area contributed by atoms with Gasteiger partial charge in [0.1, 0.15) is 12.2 Å². The summed E-state index contributed by atoms with van der Waals surface area (Å²) in [6.45, 7) is 0.763. The van der Waals surface area contributed by atoms with E-state index in [1.54, 1.807) is 0 Å². The molecule has 4 aromatic rings. The predicted octanol–water partition coefficient (Wildman–Crippen LogP) is 3.82. The van der Waals surface area contributed by atoms with Crippen LogP contribution in [0, 0.1) is 11.6 Å². The van der Waals surface area contributed by atoms with Crippen molar-refractivity contribution < 1.29 is 36.6 Å².